The van der Waals surface area contributed by atoms with Gasteiger partial charge in [-0.2, -0.15) is 0 Å². The summed E-state index contributed by atoms with van der Waals surface area (Å²) >= 11 is 0. The highest BCUT2D eigenvalue weighted by Crippen LogP contribution is 2.09. The van der Waals surface area contributed by atoms with E-state index in [0.717, 1.165) is 11.6 Å². The molecule has 1 rings (SSSR count). The monoisotopic (exact) mass is 168 g/mol. The Hall–Kier alpha value is -1.25. The highest BCUT2D eigenvalue weighted by atomic mass is 16.5. The molecular formula is C9H16N2O. The molecule has 0 saturated heterocycles. The maximum atomic E-state index is 4.92. The average Bonchev–Trinajstić information content (AvgIpc) is 2.21. The van der Waals surface area contributed by atoms with Crippen molar-refractivity contribution in [3.8, 4) is 5.75 Å². The summed E-state index contributed by atoms with van der Waals surface area (Å²) in [6.07, 6.45) is 1.67. The summed E-state index contributed by atoms with van der Waals surface area (Å²) in [4.78, 5) is 4.03. The zero-order valence-corrected chi connectivity index (χ0v) is 8.09. The van der Waals surface area contributed by atoms with E-state index in [-0.39, 0.29) is 0 Å². The number of aromatic nitrogens is 1. The first kappa shape index (κ1) is 10.8. The van der Waals surface area contributed by atoms with Gasteiger partial charge in [-0.1, -0.05) is 13.8 Å². The van der Waals surface area contributed by atoms with E-state index < -0.39 is 0 Å². The number of nitrogens with one attached hydrogen (secondary N) is 1. The van der Waals surface area contributed by atoms with Gasteiger partial charge in [-0.3, -0.25) is 0 Å². The molecule has 0 aromatic carbocycles. The molecule has 68 valence electrons. The quantitative estimate of drug-likeness (QED) is 0.734. The van der Waals surface area contributed by atoms with E-state index in [4.69, 9.17) is 4.74 Å². The molecule has 1 aromatic rings. The minimum Gasteiger partial charge on any atom is -0.495 e. The lowest BCUT2D eigenvalue weighted by atomic mass is 10.4. The Morgan fingerprint density at radius 2 is 2.00 bits per heavy atom. The first-order valence-electron chi connectivity index (χ1n) is 4.04. The van der Waals surface area contributed by atoms with Crippen molar-refractivity contribution < 1.29 is 4.74 Å². The Morgan fingerprint density at radius 3 is 2.33 bits per heavy atom. The second kappa shape index (κ2) is 6.46. The lowest BCUT2D eigenvalue weighted by molar-refractivity contribution is 0.413. The van der Waals surface area contributed by atoms with Crippen LogP contribution in [0.15, 0.2) is 18.3 Å². The van der Waals surface area contributed by atoms with Gasteiger partial charge in [-0.05, 0) is 12.1 Å². The fraction of sp³-hybridized carbons (Fsp3) is 0.444. The molecule has 3 nitrogen and oxygen atoms in total. The van der Waals surface area contributed by atoms with E-state index in [2.05, 4.69) is 10.3 Å². The minimum atomic E-state index is 0.777. The van der Waals surface area contributed by atoms with Crippen molar-refractivity contribution in [3.63, 3.8) is 0 Å². The summed E-state index contributed by atoms with van der Waals surface area (Å²) in [5.41, 5.74) is 0. The minimum absolute atomic E-state index is 0.777. The fourth-order valence-electron chi connectivity index (χ4n) is 0.649. The number of nitrogens with zero attached hydrogens (tertiary/aromatic N) is 1. The van der Waals surface area contributed by atoms with Crippen LogP contribution in [0.4, 0.5) is 5.82 Å². The molecule has 0 atom stereocenters. The molecule has 3 heteroatoms. The molecule has 0 spiro atoms. The van der Waals surface area contributed by atoms with E-state index >= 15 is 0 Å². The van der Waals surface area contributed by atoms with Gasteiger partial charge in [0.2, 0.25) is 0 Å². The summed E-state index contributed by atoms with van der Waals surface area (Å²) in [6.45, 7) is 4.00. The van der Waals surface area contributed by atoms with Crippen LogP contribution in [-0.2, 0) is 0 Å². The lowest BCUT2D eigenvalue weighted by Crippen LogP contribution is -1.91. The summed E-state index contributed by atoms with van der Waals surface area (Å²) in [5.74, 6) is 1.62. The van der Waals surface area contributed by atoms with E-state index in [9.17, 15) is 0 Å². The van der Waals surface area contributed by atoms with Crippen LogP contribution in [0.1, 0.15) is 13.8 Å². The van der Waals surface area contributed by atoms with Crippen molar-refractivity contribution in [3.05, 3.63) is 18.3 Å². The average molecular weight is 168 g/mol. The summed E-state index contributed by atoms with van der Waals surface area (Å²) in [7, 11) is 3.45. The molecule has 1 aromatic heterocycles. The number of hydrogen-bond donors (Lipinski definition) is 1. The van der Waals surface area contributed by atoms with Gasteiger partial charge in [-0.15, -0.1) is 0 Å². The Balaban J connectivity index is 0.000000561. The van der Waals surface area contributed by atoms with Crippen LogP contribution in [0.5, 0.6) is 5.75 Å². The first-order chi connectivity index (χ1) is 5.86. The van der Waals surface area contributed by atoms with Gasteiger partial charge >= 0.3 is 0 Å². The molecule has 0 unspecified atom stereocenters. The van der Waals surface area contributed by atoms with Crippen LogP contribution < -0.4 is 10.1 Å². The molecule has 0 aliphatic rings. The molecule has 0 saturated carbocycles. The molecule has 0 bridgehead atoms. The summed E-state index contributed by atoms with van der Waals surface area (Å²) < 4.78 is 4.92. The Bertz CT molecular complexity index is 173. The van der Waals surface area contributed by atoms with Crippen molar-refractivity contribution in [1.82, 2.24) is 4.98 Å². The van der Waals surface area contributed by atoms with Gasteiger partial charge in [0.15, 0.2) is 0 Å². The molecule has 0 amide bonds. The zero-order valence-electron chi connectivity index (χ0n) is 8.09. The predicted molar refractivity (Wildman–Crippen MR) is 51.7 cm³/mol. The standard InChI is InChI=1S/C7H10N2O.C2H6/c1-8-7-4-3-6(10-2)5-9-7;1-2/h3-5H,1-2H3,(H,8,9);1-2H3. The Labute approximate surface area is 73.8 Å². The second-order valence-electron chi connectivity index (χ2n) is 1.83. The maximum Gasteiger partial charge on any atom is 0.137 e. The highest BCUT2D eigenvalue weighted by Gasteiger charge is 1.89. The smallest absolute Gasteiger partial charge is 0.137 e. The van der Waals surface area contributed by atoms with Gasteiger partial charge in [0.1, 0.15) is 11.6 Å². The number of anilines is 1. The summed E-state index contributed by atoms with van der Waals surface area (Å²) in [5, 5.41) is 2.91. The molecule has 1 heterocycles. The predicted octanol–water partition coefficient (Wildman–Crippen LogP) is 2.16. The zero-order chi connectivity index (χ0) is 9.40. The van der Waals surface area contributed by atoms with Crippen molar-refractivity contribution in [2.45, 2.75) is 13.8 Å². The van der Waals surface area contributed by atoms with Crippen molar-refractivity contribution in [1.29, 1.82) is 0 Å². The topological polar surface area (TPSA) is 34.1 Å². The third-order valence-electron chi connectivity index (χ3n) is 1.23. The lowest BCUT2D eigenvalue weighted by Gasteiger charge is -1.99. The fourth-order valence-corrected chi connectivity index (χ4v) is 0.649. The number of hydrogen-bond acceptors (Lipinski definition) is 3. The Morgan fingerprint density at radius 1 is 1.33 bits per heavy atom. The third kappa shape index (κ3) is 3.23. The highest BCUT2D eigenvalue weighted by molar-refractivity contribution is 5.36. The third-order valence-corrected chi connectivity index (χ3v) is 1.23. The molecule has 1 N–H and O–H groups in total. The molecule has 0 radical (unpaired) electrons. The van der Waals surface area contributed by atoms with Gasteiger partial charge < -0.3 is 10.1 Å². The second-order valence-corrected chi connectivity index (χ2v) is 1.83. The van der Waals surface area contributed by atoms with Crippen LogP contribution in [0.25, 0.3) is 0 Å². The number of rotatable bonds is 2. The largest absolute Gasteiger partial charge is 0.495 e. The van der Waals surface area contributed by atoms with Gasteiger partial charge in [-0.25, -0.2) is 4.98 Å². The molecular weight excluding hydrogens is 152 g/mol. The van der Waals surface area contributed by atoms with Crippen LogP contribution in [0, 0.1) is 0 Å². The number of methoxy groups -OCH3 is 1. The normalized spacial score (nSPS) is 8.00. The first-order valence-corrected chi connectivity index (χ1v) is 4.04. The van der Waals surface area contributed by atoms with Crippen LogP contribution in [0.3, 0.4) is 0 Å². The molecule has 0 aliphatic carbocycles. The molecule has 12 heavy (non-hydrogen) atoms. The number of pyridine rings is 1. The van der Waals surface area contributed by atoms with Crippen LogP contribution in [-0.4, -0.2) is 19.1 Å². The van der Waals surface area contributed by atoms with E-state index in [1.54, 1.807) is 13.3 Å². The maximum absolute atomic E-state index is 4.92. The van der Waals surface area contributed by atoms with E-state index in [0.29, 0.717) is 0 Å². The Kier molecular flexibility index (Phi) is 5.79. The van der Waals surface area contributed by atoms with Crippen LogP contribution >= 0.6 is 0 Å². The van der Waals surface area contributed by atoms with Crippen molar-refractivity contribution >= 4 is 5.82 Å². The van der Waals surface area contributed by atoms with Gasteiger partial charge in [0.25, 0.3) is 0 Å². The SMILES string of the molecule is CC.CNc1ccc(OC)cn1. The van der Waals surface area contributed by atoms with Crippen molar-refractivity contribution in [2.75, 3.05) is 19.5 Å². The van der Waals surface area contributed by atoms with Crippen molar-refractivity contribution in [2.24, 2.45) is 0 Å². The van der Waals surface area contributed by atoms with E-state index in [1.807, 2.05) is 33.0 Å². The molecule has 0 fully saturated rings. The number of ether oxygens (including phenoxy) is 1. The molecule has 0 aliphatic heterocycles. The van der Waals surface area contributed by atoms with Gasteiger partial charge in [0.05, 0.1) is 13.3 Å². The van der Waals surface area contributed by atoms with Crippen LogP contribution in [0.2, 0.25) is 0 Å². The van der Waals surface area contributed by atoms with E-state index in [1.165, 1.54) is 0 Å². The van der Waals surface area contributed by atoms with Gasteiger partial charge in [0, 0.05) is 7.05 Å². The summed E-state index contributed by atoms with van der Waals surface area (Å²) in [6, 6.07) is 3.72.